The van der Waals surface area contributed by atoms with Crippen LogP contribution in [0.3, 0.4) is 0 Å². The van der Waals surface area contributed by atoms with Gasteiger partial charge in [0, 0.05) is 26.6 Å². The highest BCUT2D eigenvalue weighted by Crippen LogP contribution is 2.28. The fraction of sp³-hybridized carbons (Fsp3) is 0.875. The highest BCUT2D eigenvalue weighted by molar-refractivity contribution is 5.79. The molecule has 0 atom stereocenters. The van der Waals surface area contributed by atoms with Crippen LogP contribution >= 0.6 is 0 Å². The molecule has 0 aromatic carbocycles. The Morgan fingerprint density at radius 2 is 1.86 bits per heavy atom. The maximum absolute atomic E-state index is 11.2. The number of carbonyl (C=O) groups is 1. The molecule has 0 amide bonds. The number of rotatable bonds is 9. The number of esters is 1. The van der Waals surface area contributed by atoms with Crippen molar-refractivity contribution in [2.45, 2.75) is 58.3 Å². The second-order valence-electron chi connectivity index (χ2n) is 5.63. The summed E-state index contributed by atoms with van der Waals surface area (Å²) in [4.78, 5) is 15.4. The predicted octanol–water partition coefficient (Wildman–Crippen LogP) is 2.47. The van der Waals surface area contributed by atoms with E-state index in [0.717, 1.165) is 31.4 Å². The van der Waals surface area contributed by atoms with E-state index in [-0.39, 0.29) is 5.97 Å². The van der Waals surface area contributed by atoms with Gasteiger partial charge in [0.05, 0.1) is 6.61 Å². The molecule has 1 saturated carbocycles. The van der Waals surface area contributed by atoms with Gasteiger partial charge >= 0.3 is 5.97 Å². The third-order valence-corrected chi connectivity index (χ3v) is 3.94. The number of aliphatic imine (C=N–C) groups is 1. The van der Waals surface area contributed by atoms with Crippen LogP contribution in [0.5, 0.6) is 0 Å². The number of guanidine groups is 1. The molecule has 0 bridgehead atoms. The monoisotopic (exact) mass is 297 g/mol. The van der Waals surface area contributed by atoms with E-state index in [1.165, 1.54) is 38.5 Å². The van der Waals surface area contributed by atoms with Crippen LogP contribution in [0.1, 0.15) is 58.3 Å². The van der Waals surface area contributed by atoms with Gasteiger partial charge in [-0.1, -0.05) is 25.7 Å². The van der Waals surface area contributed by atoms with Crippen LogP contribution in [0.2, 0.25) is 0 Å². The molecule has 0 aromatic rings. The van der Waals surface area contributed by atoms with Crippen LogP contribution in [0.25, 0.3) is 0 Å². The number of carbonyl (C=O) groups excluding carboxylic acids is 1. The Bertz CT molecular complexity index is 313. The van der Waals surface area contributed by atoms with Crippen molar-refractivity contribution in [3.63, 3.8) is 0 Å². The fourth-order valence-corrected chi connectivity index (χ4v) is 2.79. The molecule has 0 saturated heterocycles. The smallest absolute Gasteiger partial charge is 0.305 e. The van der Waals surface area contributed by atoms with Crippen molar-refractivity contribution >= 4 is 11.9 Å². The summed E-state index contributed by atoms with van der Waals surface area (Å²) in [5, 5.41) is 6.56. The van der Waals surface area contributed by atoms with E-state index in [9.17, 15) is 4.79 Å². The van der Waals surface area contributed by atoms with E-state index in [4.69, 9.17) is 4.74 Å². The SMILES string of the molecule is CCOC(=O)CCCNC(=NC)NCCCC1CCCC1. The Hall–Kier alpha value is -1.26. The molecule has 0 radical (unpaired) electrons. The quantitative estimate of drug-likeness (QED) is 0.297. The lowest BCUT2D eigenvalue weighted by atomic mass is 10.0. The topological polar surface area (TPSA) is 62.7 Å². The minimum absolute atomic E-state index is 0.126. The van der Waals surface area contributed by atoms with Gasteiger partial charge in [-0.15, -0.1) is 0 Å². The summed E-state index contributed by atoms with van der Waals surface area (Å²) in [5.74, 6) is 1.65. The minimum atomic E-state index is -0.126. The summed E-state index contributed by atoms with van der Waals surface area (Å²) in [5.41, 5.74) is 0. The maximum Gasteiger partial charge on any atom is 0.305 e. The predicted molar refractivity (Wildman–Crippen MR) is 86.4 cm³/mol. The summed E-state index contributed by atoms with van der Waals surface area (Å²) < 4.78 is 4.89. The number of nitrogens with one attached hydrogen (secondary N) is 2. The van der Waals surface area contributed by atoms with Crippen LogP contribution in [0.15, 0.2) is 4.99 Å². The van der Waals surface area contributed by atoms with E-state index in [2.05, 4.69) is 15.6 Å². The molecule has 0 aromatic heterocycles. The van der Waals surface area contributed by atoms with Crippen molar-refractivity contribution in [3.8, 4) is 0 Å². The largest absolute Gasteiger partial charge is 0.466 e. The van der Waals surface area contributed by atoms with Crippen molar-refractivity contribution < 1.29 is 9.53 Å². The first-order valence-corrected chi connectivity index (χ1v) is 8.36. The van der Waals surface area contributed by atoms with E-state index in [1.807, 2.05) is 6.92 Å². The first-order valence-electron chi connectivity index (χ1n) is 8.36. The van der Waals surface area contributed by atoms with Crippen molar-refractivity contribution in [1.82, 2.24) is 10.6 Å². The number of ether oxygens (including phenoxy) is 1. The van der Waals surface area contributed by atoms with Crippen LogP contribution in [-0.2, 0) is 9.53 Å². The maximum atomic E-state index is 11.2. The zero-order valence-corrected chi connectivity index (χ0v) is 13.6. The Morgan fingerprint density at radius 3 is 2.48 bits per heavy atom. The molecule has 1 aliphatic rings. The van der Waals surface area contributed by atoms with Crippen LogP contribution in [0.4, 0.5) is 0 Å². The molecule has 2 N–H and O–H groups in total. The van der Waals surface area contributed by atoms with Crippen molar-refractivity contribution in [2.24, 2.45) is 10.9 Å². The van der Waals surface area contributed by atoms with Gasteiger partial charge in [0.1, 0.15) is 0 Å². The molecule has 1 rings (SSSR count). The van der Waals surface area contributed by atoms with Gasteiger partial charge < -0.3 is 15.4 Å². The minimum Gasteiger partial charge on any atom is -0.466 e. The number of nitrogens with zero attached hydrogens (tertiary/aromatic N) is 1. The molecular weight excluding hydrogens is 266 g/mol. The summed E-state index contributed by atoms with van der Waals surface area (Å²) in [6.07, 6.45) is 9.42. The lowest BCUT2D eigenvalue weighted by molar-refractivity contribution is -0.143. The van der Waals surface area contributed by atoms with Gasteiger partial charge in [-0.25, -0.2) is 0 Å². The highest BCUT2D eigenvalue weighted by Gasteiger charge is 2.13. The molecule has 0 aliphatic heterocycles. The van der Waals surface area contributed by atoms with Crippen molar-refractivity contribution in [1.29, 1.82) is 0 Å². The highest BCUT2D eigenvalue weighted by atomic mass is 16.5. The van der Waals surface area contributed by atoms with Crippen LogP contribution < -0.4 is 10.6 Å². The zero-order chi connectivity index (χ0) is 15.3. The first kappa shape index (κ1) is 17.8. The molecule has 1 aliphatic carbocycles. The van der Waals surface area contributed by atoms with Gasteiger partial charge in [-0.3, -0.25) is 9.79 Å². The van der Waals surface area contributed by atoms with E-state index in [1.54, 1.807) is 7.05 Å². The summed E-state index contributed by atoms with van der Waals surface area (Å²) in [6, 6.07) is 0. The molecule has 5 heteroatoms. The van der Waals surface area contributed by atoms with E-state index >= 15 is 0 Å². The van der Waals surface area contributed by atoms with Crippen molar-refractivity contribution in [2.75, 3.05) is 26.7 Å². The summed E-state index contributed by atoms with van der Waals surface area (Å²) >= 11 is 0. The Balaban J connectivity index is 1.99. The average Bonchev–Trinajstić information content (AvgIpc) is 2.99. The van der Waals surface area contributed by atoms with Gasteiger partial charge in [0.2, 0.25) is 0 Å². The average molecular weight is 297 g/mol. The van der Waals surface area contributed by atoms with Gasteiger partial charge in [-0.05, 0) is 32.1 Å². The second-order valence-corrected chi connectivity index (χ2v) is 5.63. The molecular formula is C16H31N3O2. The third-order valence-electron chi connectivity index (χ3n) is 3.94. The van der Waals surface area contributed by atoms with Crippen molar-refractivity contribution in [3.05, 3.63) is 0 Å². The van der Waals surface area contributed by atoms with Gasteiger partial charge in [-0.2, -0.15) is 0 Å². The third kappa shape index (κ3) is 8.58. The number of hydrogen-bond acceptors (Lipinski definition) is 3. The molecule has 0 spiro atoms. The van der Waals surface area contributed by atoms with Crippen LogP contribution in [0, 0.1) is 5.92 Å². The van der Waals surface area contributed by atoms with E-state index in [0.29, 0.717) is 13.0 Å². The van der Waals surface area contributed by atoms with Crippen LogP contribution in [-0.4, -0.2) is 38.7 Å². The molecule has 5 nitrogen and oxygen atoms in total. The first-order chi connectivity index (χ1) is 10.3. The lowest BCUT2D eigenvalue weighted by Crippen LogP contribution is -2.38. The standard InChI is InChI=1S/C16H31N3O2/c1-3-21-15(20)11-7-13-19-16(17-2)18-12-6-10-14-8-4-5-9-14/h14H,3-13H2,1-2H3,(H2,17,18,19). The second kappa shape index (κ2) is 11.4. The number of hydrogen-bond donors (Lipinski definition) is 2. The Kier molecular flexibility index (Phi) is 9.66. The molecule has 1 fully saturated rings. The summed E-state index contributed by atoms with van der Waals surface area (Å²) in [6.45, 7) is 3.99. The fourth-order valence-electron chi connectivity index (χ4n) is 2.79. The molecule has 0 unspecified atom stereocenters. The Morgan fingerprint density at radius 1 is 1.19 bits per heavy atom. The van der Waals surface area contributed by atoms with Gasteiger partial charge in [0.25, 0.3) is 0 Å². The summed E-state index contributed by atoms with van der Waals surface area (Å²) in [7, 11) is 1.78. The molecule has 21 heavy (non-hydrogen) atoms. The zero-order valence-electron chi connectivity index (χ0n) is 13.6. The normalized spacial score (nSPS) is 16.0. The van der Waals surface area contributed by atoms with Gasteiger partial charge in [0.15, 0.2) is 5.96 Å². The Labute approximate surface area is 128 Å². The lowest BCUT2D eigenvalue weighted by Gasteiger charge is -2.13. The van der Waals surface area contributed by atoms with E-state index < -0.39 is 0 Å². The molecule has 122 valence electrons. The molecule has 0 heterocycles.